The van der Waals surface area contributed by atoms with Crippen LogP contribution < -0.4 is 9.47 Å². The molecule has 0 aliphatic carbocycles. The Morgan fingerprint density at radius 2 is 2.17 bits per heavy atom. The van der Waals surface area contributed by atoms with Gasteiger partial charge in [0.25, 0.3) is 5.91 Å². The molecule has 1 fully saturated rings. The zero-order chi connectivity index (χ0) is 17.7. The number of benzene rings is 1. The van der Waals surface area contributed by atoms with Gasteiger partial charge in [-0.1, -0.05) is 24.9 Å². The van der Waals surface area contributed by atoms with Crippen LogP contribution >= 0.6 is 11.6 Å². The van der Waals surface area contributed by atoms with Crippen molar-refractivity contribution in [3.63, 3.8) is 0 Å². The van der Waals surface area contributed by atoms with Gasteiger partial charge in [-0.15, -0.1) is 0 Å². The third kappa shape index (κ3) is 4.12. The number of amides is 1. The van der Waals surface area contributed by atoms with E-state index in [0.29, 0.717) is 41.7 Å². The minimum Gasteiger partial charge on any atom is -0.493 e. The van der Waals surface area contributed by atoms with E-state index in [-0.39, 0.29) is 12.5 Å². The normalized spacial score (nSPS) is 17.0. The van der Waals surface area contributed by atoms with Crippen molar-refractivity contribution >= 4 is 23.5 Å². The summed E-state index contributed by atoms with van der Waals surface area (Å²) in [4.78, 5) is 25.1. The average molecular weight is 356 g/mol. The summed E-state index contributed by atoms with van der Waals surface area (Å²) in [6.45, 7) is 3.21. The van der Waals surface area contributed by atoms with Crippen LogP contribution in [0.3, 0.4) is 0 Å². The molecule has 2 rings (SSSR count). The number of carboxylic acid groups (broad SMARTS) is 1. The molecule has 1 N–H and O–H groups in total. The van der Waals surface area contributed by atoms with Gasteiger partial charge in [0.05, 0.1) is 24.7 Å². The average Bonchev–Trinajstić information content (AvgIpc) is 3.05. The smallest absolute Gasteiger partial charge is 0.308 e. The predicted molar refractivity (Wildman–Crippen MR) is 90.1 cm³/mol. The molecule has 1 heterocycles. The van der Waals surface area contributed by atoms with Gasteiger partial charge >= 0.3 is 5.97 Å². The summed E-state index contributed by atoms with van der Waals surface area (Å²) in [7, 11) is 1.49. The number of carboxylic acids is 1. The number of rotatable bonds is 7. The number of ether oxygens (including phenoxy) is 2. The molecule has 1 amide bonds. The van der Waals surface area contributed by atoms with Gasteiger partial charge in [0.2, 0.25) is 0 Å². The van der Waals surface area contributed by atoms with Gasteiger partial charge < -0.3 is 19.5 Å². The molecule has 1 saturated heterocycles. The van der Waals surface area contributed by atoms with Crippen LogP contribution in [0.15, 0.2) is 12.1 Å². The first kappa shape index (κ1) is 18.4. The van der Waals surface area contributed by atoms with E-state index in [1.807, 2.05) is 0 Å². The maximum atomic E-state index is 12.6. The van der Waals surface area contributed by atoms with Crippen LogP contribution in [0.5, 0.6) is 11.5 Å². The molecule has 0 unspecified atom stereocenters. The van der Waals surface area contributed by atoms with Crippen LogP contribution in [-0.4, -0.2) is 48.7 Å². The number of hydrogen-bond acceptors (Lipinski definition) is 4. The number of likely N-dealkylation sites (tertiary alicyclic amines) is 1. The number of halogens is 1. The summed E-state index contributed by atoms with van der Waals surface area (Å²) in [5, 5.41) is 9.36. The van der Waals surface area contributed by atoms with Crippen molar-refractivity contribution in [2.45, 2.75) is 26.2 Å². The van der Waals surface area contributed by atoms with Crippen molar-refractivity contribution in [1.29, 1.82) is 0 Å². The van der Waals surface area contributed by atoms with E-state index >= 15 is 0 Å². The third-order valence-corrected chi connectivity index (χ3v) is 4.33. The van der Waals surface area contributed by atoms with E-state index < -0.39 is 11.9 Å². The summed E-state index contributed by atoms with van der Waals surface area (Å²) < 4.78 is 10.9. The Balaban J connectivity index is 2.17. The largest absolute Gasteiger partial charge is 0.493 e. The van der Waals surface area contributed by atoms with E-state index in [4.69, 9.17) is 26.2 Å². The zero-order valence-corrected chi connectivity index (χ0v) is 14.6. The highest BCUT2D eigenvalue weighted by Crippen LogP contribution is 2.37. The number of aliphatic carboxylic acids is 1. The summed E-state index contributed by atoms with van der Waals surface area (Å²) in [5.74, 6) is -0.812. The molecular weight excluding hydrogens is 334 g/mol. The molecule has 1 aromatic rings. The van der Waals surface area contributed by atoms with Crippen molar-refractivity contribution in [3.05, 3.63) is 22.7 Å². The second kappa shape index (κ2) is 8.24. The molecule has 24 heavy (non-hydrogen) atoms. The van der Waals surface area contributed by atoms with Gasteiger partial charge in [-0.25, -0.2) is 0 Å². The predicted octanol–water partition coefficient (Wildman–Crippen LogP) is 3.07. The van der Waals surface area contributed by atoms with Crippen molar-refractivity contribution in [2.75, 3.05) is 26.8 Å². The quantitative estimate of drug-likeness (QED) is 0.761. The van der Waals surface area contributed by atoms with E-state index in [0.717, 1.165) is 12.8 Å². The maximum Gasteiger partial charge on any atom is 0.308 e. The topological polar surface area (TPSA) is 76.1 Å². The molecule has 0 radical (unpaired) electrons. The number of methoxy groups -OCH3 is 1. The molecule has 1 aliphatic heterocycles. The minimum atomic E-state index is -0.874. The van der Waals surface area contributed by atoms with E-state index in [9.17, 15) is 9.59 Å². The fourth-order valence-corrected chi connectivity index (χ4v) is 2.90. The molecule has 0 saturated carbocycles. The van der Waals surface area contributed by atoms with Gasteiger partial charge in [-0.3, -0.25) is 9.59 Å². The Hall–Kier alpha value is -1.95. The lowest BCUT2D eigenvalue weighted by atomic mass is 10.1. The first-order valence-electron chi connectivity index (χ1n) is 8.00. The fraction of sp³-hybridized carbons (Fsp3) is 0.529. The number of nitrogens with zero attached hydrogens (tertiary/aromatic N) is 1. The fourth-order valence-electron chi connectivity index (χ4n) is 2.63. The van der Waals surface area contributed by atoms with Gasteiger partial charge in [0, 0.05) is 18.7 Å². The Morgan fingerprint density at radius 1 is 1.42 bits per heavy atom. The van der Waals surface area contributed by atoms with Gasteiger partial charge in [0.1, 0.15) is 0 Å². The molecular formula is C17H22ClNO5. The molecule has 1 atom stereocenters. The Kier molecular flexibility index (Phi) is 6.31. The van der Waals surface area contributed by atoms with E-state index in [2.05, 4.69) is 6.92 Å². The number of carbonyl (C=O) groups is 2. The first-order chi connectivity index (χ1) is 11.5. The first-order valence-corrected chi connectivity index (χ1v) is 8.38. The Morgan fingerprint density at radius 3 is 2.75 bits per heavy atom. The highest BCUT2D eigenvalue weighted by molar-refractivity contribution is 6.32. The second-order valence-corrected chi connectivity index (χ2v) is 6.17. The van der Waals surface area contributed by atoms with Crippen molar-refractivity contribution in [2.24, 2.45) is 5.92 Å². The maximum absolute atomic E-state index is 12.6. The SMILES string of the molecule is CCCCOc1c(Cl)cc(C(=O)N2CC[C@H](C(=O)O)C2)cc1OC. The Labute approximate surface area is 146 Å². The highest BCUT2D eigenvalue weighted by atomic mass is 35.5. The van der Waals surface area contributed by atoms with Crippen LogP contribution in [0.2, 0.25) is 5.02 Å². The van der Waals surface area contributed by atoms with Gasteiger partial charge in [-0.05, 0) is 25.0 Å². The van der Waals surface area contributed by atoms with Gasteiger partial charge in [-0.2, -0.15) is 0 Å². The highest BCUT2D eigenvalue weighted by Gasteiger charge is 2.31. The molecule has 7 heteroatoms. The minimum absolute atomic E-state index is 0.211. The second-order valence-electron chi connectivity index (χ2n) is 5.77. The number of hydrogen-bond donors (Lipinski definition) is 1. The number of carbonyl (C=O) groups excluding carboxylic acids is 1. The van der Waals surface area contributed by atoms with Crippen molar-refractivity contribution in [3.8, 4) is 11.5 Å². The van der Waals surface area contributed by atoms with Crippen LogP contribution in [-0.2, 0) is 4.79 Å². The van der Waals surface area contributed by atoms with Gasteiger partial charge in [0.15, 0.2) is 11.5 Å². The third-order valence-electron chi connectivity index (χ3n) is 4.05. The van der Waals surface area contributed by atoms with Crippen LogP contribution in [0.4, 0.5) is 0 Å². The Bertz CT molecular complexity index is 619. The molecule has 0 bridgehead atoms. The summed E-state index contributed by atoms with van der Waals surface area (Å²) >= 11 is 6.25. The van der Waals surface area contributed by atoms with Crippen LogP contribution in [0, 0.1) is 5.92 Å². The summed E-state index contributed by atoms with van der Waals surface area (Å²) in [5.41, 5.74) is 0.366. The molecule has 6 nitrogen and oxygen atoms in total. The molecule has 1 aromatic carbocycles. The lowest BCUT2D eigenvalue weighted by Gasteiger charge is -2.18. The summed E-state index contributed by atoms with van der Waals surface area (Å²) in [6, 6.07) is 3.13. The zero-order valence-electron chi connectivity index (χ0n) is 13.9. The molecule has 0 aromatic heterocycles. The molecule has 0 spiro atoms. The lowest BCUT2D eigenvalue weighted by molar-refractivity contribution is -0.141. The number of unbranched alkanes of at least 4 members (excludes halogenated alkanes) is 1. The van der Waals surface area contributed by atoms with E-state index in [1.165, 1.54) is 12.0 Å². The molecule has 132 valence electrons. The molecule has 1 aliphatic rings. The van der Waals surface area contributed by atoms with Crippen molar-refractivity contribution < 1.29 is 24.2 Å². The van der Waals surface area contributed by atoms with Crippen LogP contribution in [0.1, 0.15) is 36.5 Å². The monoisotopic (exact) mass is 355 g/mol. The van der Waals surface area contributed by atoms with Crippen LogP contribution in [0.25, 0.3) is 0 Å². The summed E-state index contributed by atoms with van der Waals surface area (Å²) in [6.07, 6.45) is 2.35. The van der Waals surface area contributed by atoms with E-state index in [1.54, 1.807) is 12.1 Å². The lowest BCUT2D eigenvalue weighted by Crippen LogP contribution is -2.30. The standard InChI is InChI=1S/C17H22ClNO5/c1-3-4-7-24-15-13(18)8-12(9-14(15)23-2)16(20)19-6-5-11(10-19)17(21)22/h8-9,11H,3-7,10H2,1-2H3,(H,21,22)/t11-/m0/s1. The van der Waals surface area contributed by atoms with Crippen molar-refractivity contribution in [1.82, 2.24) is 4.90 Å².